The molecule has 0 aliphatic rings. The summed E-state index contributed by atoms with van der Waals surface area (Å²) in [7, 11) is 0. The molecule has 1 rings (SSSR count). The summed E-state index contributed by atoms with van der Waals surface area (Å²) in [6.07, 6.45) is 3.30. The molecule has 0 N–H and O–H groups in total. The Bertz CT molecular complexity index is 306. The van der Waals surface area contributed by atoms with E-state index in [2.05, 4.69) is 65.8 Å². The number of aryl methyl sites for hydroxylation is 1. The maximum Gasteiger partial charge on any atom is 0.00573 e. The Morgan fingerprint density at radius 2 is 2.07 bits per heavy atom. The largest absolute Gasteiger partial charge is 0.176 e. The van der Waals surface area contributed by atoms with E-state index in [0.717, 1.165) is 19.3 Å². The summed E-state index contributed by atoms with van der Waals surface area (Å²) in [6, 6.07) is 10.6. The van der Waals surface area contributed by atoms with Crippen molar-refractivity contribution in [2.45, 2.75) is 31.4 Å². The van der Waals surface area contributed by atoms with E-state index in [1.165, 1.54) is 11.1 Å². The number of benzene rings is 1. The van der Waals surface area contributed by atoms with Crippen LogP contribution in [0, 0.1) is 0 Å². The molecule has 0 heterocycles. The highest BCUT2D eigenvalue weighted by atomic mass is 79.9. The number of thiol groups is 1. The highest BCUT2D eigenvalue weighted by Gasteiger charge is 2.04. The third-order valence-electron chi connectivity index (χ3n) is 2.35. The van der Waals surface area contributed by atoms with Crippen molar-refractivity contribution < 1.29 is 0 Å². The van der Waals surface area contributed by atoms with Gasteiger partial charge in [0.05, 0.1) is 0 Å². The number of allylic oxidation sites excluding steroid dienone is 1. The van der Waals surface area contributed by atoms with Crippen LogP contribution in [0.15, 0.2) is 40.9 Å². The SMILES string of the molecule is CC(=CBr)CC(S)CCc1ccccc1. The lowest BCUT2D eigenvalue weighted by Crippen LogP contribution is -2.01. The van der Waals surface area contributed by atoms with Crippen LogP contribution < -0.4 is 0 Å². The van der Waals surface area contributed by atoms with Gasteiger partial charge in [0, 0.05) is 5.25 Å². The highest BCUT2D eigenvalue weighted by molar-refractivity contribution is 9.11. The molecule has 2 heteroatoms. The van der Waals surface area contributed by atoms with Crippen molar-refractivity contribution in [2.24, 2.45) is 0 Å². The summed E-state index contributed by atoms with van der Waals surface area (Å²) in [5.74, 6) is 0. The van der Waals surface area contributed by atoms with E-state index in [1.54, 1.807) is 0 Å². The van der Waals surface area contributed by atoms with Crippen molar-refractivity contribution in [3.63, 3.8) is 0 Å². The third-order valence-corrected chi connectivity index (χ3v) is 3.58. The Morgan fingerprint density at radius 1 is 1.40 bits per heavy atom. The van der Waals surface area contributed by atoms with E-state index in [-0.39, 0.29) is 0 Å². The van der Waals surface area contributed by atoms with Crippen molar-refractivity contribution in [2.75, 3.05) is 0 Å². The first kappa shape index (κ1) is 12.9. The standard InChI is InChI=1S/C13H17BrS/c1-11(10-14)9-13(15)8-7-12-5-3-2-4-6-12/h2-6,10,13,15H,7-9H2,1H3. The molecule has 0 saturated heterocycles. The highest BCUT2D eigenvalue weighted by Crippen LogP contribution is 2.17. The zero-order valence-corrected chi connectivity index (χ0v) is 11.5. The molecule has 0 aliphatic carbocycles. The van der Waals surface area contributed by atoms with Gasteiger partial charge in [-0.15, -0.1) is 0 Å². The van der Waals surface area contributed by atoms with Crippen molar-refractivity contribution >= 4 is 28.6 Å². The second-order valence-corrected chi connectivity index (χ2v) is 5.03. The second-order valence-electron chi connectivity index (χ2n) is 3.84. The summed E-state index contributed by atoms with van der Waals surface area (Å²) >= 11 is 7.94. The van der Waals surface area contributed by atoms with Crippen LogP contribution in [-0.4, -0.2) is 5.25 Å². The molecule has 1 aromatic carbocycles. The number of halogens is 1. The second kappa shape index (κ2) is 7.13. The first-order valence-corrected chi connectivity index (χ1v) is 6.63. The molecule has 0 fully saturated rings. The van der Waals surface area contributed by atoms with Crippen molar-refractivity contribution in [1.82, 2.24) is 0 Å². The van der Waals surface area contributed by atoms with Gasteiger partial charge in [0.1, 0.15) is 0 Å². The Morgan fingerprint density at radius 3 is 2.67 bits per heavy atom. The van der Waals surface area contributed by atoms with E-state index in [4.69, 9.17) is 0 Å². The molecule has 1 aromatic rings. The van der Waals surface area contributed by atoms with Crippen LogP contribution in [0.2, 0.25) is 0 Å². The van der Waals surface area contributed by atoms with Gasteiger partial charge in [-0.2, -0.15) is 12.6 Å². The Balaban J connectivity index is 2.31. The zero-order valence-electron chi connectivity index (χ0n) is 8.99. The Labute approximate surface area is 106 Å². The molecule has 0 bridgehead atoms. The van der Waals surface area contributed by atoms with Gasteiger partial charge >= 0.3 is 0 Å². The third kappa shape index (κ3) is 5.43. The number of rotatable bonds is 5. The van der Waals surface area contributed by atoms with Gasteiger partial charge in [-0.3, -0.25) is 0 Å². The van der Waals surface area contributed by atoms with Crippen LogP contribution in [-0.2, 0) is 6.42 Å². The van der Waals surface area contributed by atoms with Gasteiger partial charge in [-0.05, 0) is 36.7 Å². The van der Waals surface area contributed by atoms with Crippen molar-refractivity contribution in [1.29, 1.82) is 0 Å². The first-order valence-electron chi connectivity index (χ1n) is 5.20. The maximum absolute atomic E-state index is 4.59. The predicted octanol–water partition coefficient (Wildman–Crippen LogP) is 4.61. The molecule has 82 valence electrons. The number of hydrogen-bond donors (Lipinski definition) is 1. The van der Waals surface area contributed by atoms with E-state index >= 15 is 0 Å². The van der Waals surface area contributed by atoms with Gasteiger partial charge in [-0.25, -0.2) is 0 Å². The summed E-state index contributed by atoms with van der Waals surface area (Å²) < 4.78 is 0. The van der Waals surface area contributed by atoms with E-state index in [0.29, 0.717) is 5.25 Å². The number of hydrogen-bond acceptors (Lipinski definition) is 1. The summed E-state index contributed by atoms with van der Waals surface area (Å²) in [4.78, 5) is 1.98. The molecule has 0 aliphatic heterocycles. The topological polar surface area (TPSA) is 0 Å². The fraction of sp³-hybridized carbons (Fsp3) is 0.385. The quantitative estimate of drug-likeness (QED) is 0.751. The normalized spacial score (nSPS) is 13.9. The molecule has 0 nitrogen and oxygen atoms in total. The van der Waals surface area contributed by atoms with Crippen LogP contribution in [0.1, 0.15) is 25.3 Å². The fourth-order valence-electron chi connectivity index (χ4n) is 1.50. The minimum Gasteiger partial charge on any atom is -0.176 e. The fourth-order valence-corrected chi connectivity index (χ4v) is 2.10. The molecule has 0 saturated carbocycles. The van der Waals surface area contributed by atoms with Crippen LogP contribution in [0.25, 0.3) is 0 Å². The lowest BCUT2D eigenvalue weighted by molar-refractivity contribution is 0.753. The monoisotopic (exact) mass is 284 g/mol. The average Bonchev–Trinajstić information content (AvgIpc) is 2.27. The Kier molecular flexibility index (Phi) is 6.11. The molecule has 1 unspecified atom stereocenters. The average molecular weight is 285 g/mol. The van der Waals surface area contributed by atoms with Gasteiger partial charge < -0.3 is 0 Å². The van der Waals surface area contributed by atoms with Crippen LogP contribution in [0.3, 0.4) is 0 Å². The van der Waals surface area contributed by atoms with E-state index in [1.807, 2.05) is 4.99 Å². The van der Waals surface area contributed by atoms with Gasteiger partial charge in [0.25, 0.3) is 0 Å². The lowest BCUT2D eigenvalue weighted by Gasteiger charge is -2.10. The molecule has 0 amide bonds. The summed E-state index contributed by atoms with van der Waals surface area (Å²) in [6.45, 7) is 2.13. The minimum atomic E-state index is 0.457. The van der Waals surface area contributed by atoms with Gasteiger partial charge in [-0.1, -0.05) is 51.8 Å². The van der Waals surface area contributed by atoms with Crippen molar-refractivity contribution in [3.05, 3.63) is 46.5 Å². The van der Waals surface area contributed by atoms with Crippen LogP contribution in [0.5, 0.6) is 0 Å². The van der Waals surface area contributed by atoms with E-state index in [9.17, 15) is 0 Å². The molecule has 15 heavy (non-hydrogen) atoms. The first-order chi connectivity index (χ1) is 7.22. The van der Waals surface area contributed by atoms with Gasteiger partial charge in [0.2, 0.25) is 0 Å². The van der Waals surface area contributed by atoms with E-state index < -0.39 is 0 Å². The molecule has 1 atom stereocenters. The predicted molar refractivity (Wildman–Crippen MR) is 74.8 cm³/mol. The molecule has 0 radical (unpaired) electrons. The lowest BCUT2D eigenvalue weighted by atomic mass is 10.0. The van der Waals surface area contributed by atoms with Crippen molar-refractivity contribution in [3.8, 4) is 0 Å². The van der Waals surface area contributed by atoms with Crippen LogP contribution in [0.4, 0.5) is 0 Å². The Hall–Kier alpha value is -0.210. The molecule has 0 aromatic heterocycles. The molecular weight excluding hydrogens is 268 g/mol. The summed E-state index contributed by atoms with van der Waals surface area (Å²) in [5.41, 5.74) is 2.75. The smallest absolute Gasteiger partial charge is 0.00573 e. The van der Waals surface area contributed by atoms with Gasteiger partial charge in [0.15, 0.2) is 0 Å². The minimum absolute atomic E-state index is 0.457. The molecular formula is C13H17BrS. The summed E-state index contributed by atoms with van der Waals surface area (Å²) in [5, 5.41) is 0.457. The van der Waals surface area contributed by atoms with Crippen LogP contribution >= 0.6 is 28.6 Å². The zero-order chi connectivity index (χ0) is 11.1. The molecule has 0 spiro atoms. The maximum atomic E-state index is 4.59.